The van der Waals surface area contributed by atoms with Crippen molar-refractivity contribution in [2.24, 2.45) is 0 Å². The van der Waals surface area contributed by atoms with Gasteiger partial charge in [0.25, 0.3) is 0 Å². The smallest absolute Gasteiger partial charge is 0.235 e. The number of hydrogen-bond acceptors (Lipinski definition) is 3. The molecule has 3 aromatic heterocycles. The fraction of sp³-hybridized carbons (Fsp3) is 0.0638. The monoisotopic (exact) mass is 669 g/mol. The minimum absolute atomic E-state index is 0.135. The molecule has 0 N–H and O–H groups in total. The normalized spacial score (nSPS) is 13.5. The molecule has 3 heterocycles. The van der Waals surface area contributed by atoms with Gasteiger partial charge in [0.1, 0.15) is 0 Å². The van der Waals surface area contributed by atoms with Crippen LogP contribution in [0.25, 0.3) is 92.3 Å². The number of para-hydroxylation sites is 2. The summed E-state index contributed by atoms with van der Waals surface area (Å²) in [5.74, 6) is 0.684. The fourth-order valence-corrected chi connectivity index (χ4v) is 9.76. The van der Waals surface area contributed by atoms with E-state index in [0.717, 1.165) is 37.9 Å². The third-order valence-electron chi connectivity index (χ3n) is 11.0. The van der Waals surface area contributed by atoms with Gasteiger partial charge in [0.2, 0.25) is 5.95 Å². The van der Waals surface area contributed by atoms with Gasteiger partial charge < -0.3 is 0 Å². The minimum Gasteiger partial charge on any atom is -0.277 e. The molecular weight excluding hydrogens is 639 g/mol. The van der Waals surface area contributed by atoms with Crippen molar-refractivity contribution in [3.63, 3.8) is 0 Å². The highest BCUT2D eigenvalue weighted by Crippen LogP contribution is 2.52. The van der Waals surface area contributed by atoms with Crippen molar-refractivity contribution in [3.8, 4) is 39.5 Å². The predicted octanol–water partition coefficient (Wildman–Crippen LogP) is 12.7. The molecule has 0 bridgehead atoms. The Kier molecular flexibility index (Phi) is 5.89. The van der Waals surface area contributed by atoms with Crippen LogP contribution in [0.2, 0.25) is 0 Å². The molecule has 51 heavy (non-hydrogen) atoms. The summed E-state index contributed by atoms with van der Waals surface area (Å²) in [6.45, 7) is 4.74. The van der Waals surface area contributed by atoms with Gasteiger partial charge >= 0.3 is 0 Å². The molecule has 0 saturated carbocycles. The predicted molar refractivity (Wildman–Crippen MR) is 215 cm³/mol. The van der Waals surface area contributed by atoms with Gasteiger partial charge in [-0.05, 0) is 56.8 Å². The molecule has 0 amide bonds. The maximum atomic E-state index is 5.44. The second-order valence-electron chi connectivity index (χ2n) is 14.2. The average molecular weight is 670 g/mol. The molecule has 0 saturated heterocycles. The Labute approximate surface area is 299 Å². The van der Waals surface area contributed by atoms with Crippen LogP contribution in [0.3, 0.4) is 0 Å². The lowest BCUT2D eigenvalue weighted by Crippen LogP contribution is -2.15. The molecule has 240 valence electrons. The second kappa shape index (κ2) is 10.5. The summed E-state index contributed by atoms with van der Waals surface area (Å²) in [6.07, 6.45) is 0. The molecule has 1 aliphatic carbocycles. The van der Waals surface area contributed by atoms with Crippen molar-refractivity contribution in [2.45, 2.75) is 19.3 Å². The Bertz CT molecular complexity index is 3060. The minimum atomic E-state index is -0.135. The molecular formula is C47H31N3S. The summed E-state index contributed by atoms with van der Waals surface area (Å²) in [7, 11) is 0. The van der Waals surface area contributed by atoms with Gasteiger partial charge in [-0.3, -0.25) is 4.57 Å². The third-order valence-corrected chi connectivity index (χ3v) is 12.2. The standard InChI is InChI=1S/C47H31N3S/c1-47(2)37-26-24-28-13-6-7-16-31(28)41(37)35-25-23-30(27-38(35)47)32-19-12-20-34-33-17-8-10-21-39(33)50(44(32)34)46-48-42(29-14-4-3-5-15-29)45-43(49-46)36-18-9-11-22-40(36)51-45/h3-27H,1-2H3. The summed E-state index contributed by atoms with van der Waals surface area (Å²) >= 11 is 1.77. The topological polar surface area (TPSA) is 30.7 Å². The van der Waals surface area contributed by atoms with Crippen LogP contribution in [-0.2, 0) is 5.41 Å². The zero-order valence-electron chi connectivity index (χ0n) is 28.2. The van der Waals surface area contributed by atoms with Crippen LogP contribution in [0, 0.1) is 0 Å². The van der Waals surface area contributed by atoms with Crippen LogP contribution >= 0.6 is 11.3 Å². The lowest BCUT2D eigenvalue weighted by Gasteiger charge is -2.22. The Balaban J connectivity index is 1.21. The van der Waals surface area contributed by atoms with Crippen LogP contribution < -0.4 is 0 Å². The van der Waals surface area contributed by atoms with Gasteiger partial charge in [0.05, 0.1) is 26.9 Å². The van der Waals surface area contributed by atoms with Crippen molar-refractivity contribution >= 4 is 64.2 Å². The van der Waals surface area contributed by atoms with E-state index in [9.17, 15) is 0 Å². The highest BCUT2D eigenvalue weighted by Gasteiger charge is 2.36. The first-order valence-corrected chi connectivity index (χ1v) is 18.3. The third kappa shape index (κ3) is 3.99. The molecule has 0 aliphatic heterocycles. The Morgan fingerprint density at radius 2 is 1.29 bits per heavy atom. The molecule has 0 atom stereocenters. The SMILES string of the molecule is CC1(C)c2cc(-c3cccc4c5ccccc5n(-c5nc(-c6ccccc6)c6sc7ccccc7c6n5)c34)ccc2-c2c1ccc1ccccc21. The molecule has 3 nitrogen and oxygen atoms in total. The van der Waals surface area contributed by atoms with E-state index in [4.69, 9.17) is 9.97 Å². The summed E-state index contributed by atoms with van der Waals surface area (Å²) in [6, 6.07) is 55.0. The van der Waals surface area contributed by atoms with E-state index in [1.54, 1.807) is 11.3 Å². The number of rotatable bonds is 3. The highest BCUT2D eigenvalue weighted by molar-refractivity contribution is 7.26. The molecule has 11 rings (SSSR count). The molecule has 0 unspecified atom stereocenters. The van der Waals surface area contributed by atoms with Gasteiger partial charge in [0.15, 0.2) is 0 Å². The first kappa shape index (κ1) is 28.7. The molecule has 0 fully saturated rings. The number of benzene rings is 7. The molecule has 1 aliphatic rings. The maximum Gasteiger partial charge on any atom is 0.235 e. The van der Waals surface area contributed by atoms with Crippen molar-refractivity contribution in [2.75, 3.05) is 0 Å². The Morgan fingerprint density at radius 3 is 2.18 bits per heavy atom. The summed E-state index contributed by atoms with van der Waals surface area (Å²) < 4.78 is 4.63. The van der Waals surface area contributed by atoms with Crippen molar-refractivity contribution < 1.29 is 0 Å². The van der Waals surface area contributed by atoms with Crippen LogP contribution in [0.15, 0.2) is 152 Å². The van der Waals surface area contributed by atoms with E-state index in [1.807, 2.05) is 0 Å². The first-order chi connectivity index (χ1) is 25.1. The zero-order valence-corrected chi connectivity index (χ0v) is 29.0. The van der Waals surface area contributed by atoms with E-state index >= 15 is 0 Å². The average Bonchev–Trinajstić information content (AvgIpc) is 3.80. The van der Waals surface area contributed by atoms with Gasteiger partial charge in [-0.15, -0.1) is 11.3 Å². The molecule has 0 spiro atoms. The highest BCUT2D eigenvalue weighted by atomic mass is 32.1. The Hall–Kier alpha value is -6.10. The number of thiophene rings is 1. The Morgan fingerprint density at radius 1 is 0.549 bits per heavy atom. The van der Waals surface area contributed by atoms with Crippen LogP contribution in [-0.4, -0.2) is 14.5 Å². The summed E-state index contributed by atoms with van der Waals surface area (Å²) in [4.78, 5) is 10.9. The second-order valence-corrected chi connectivity index (χ2v) is 15.2. The first-order valence-electron chi connectivity index (χ1n) is 17.5. The molecule has 4 heteroatoms. The zero-order chi connectivity index (χ0) is 33.8. The van der Waals surface area contributed by atoms with Crippen LogP contribution in [0.5, 0.6) is 0 Å². The lowest BCUT2D eigenvalue weighted by atomic mass is 9.81. The van der Waals surface area contributed by atoms with Gasteiger partial charge in [-0.25, -0.2) is 9.97 Å². The van der Waals surface area contributed by atoms with E-state index in [2.05, 4.69) is 170 Å². The number of nitrogens with zero attached hydrogens (tertiary/aromatic N) is 3. The van der Waals surface area contributed by atoms with Crippen molar-refractivity contribution in [3.05, 3.63) is 163 Å². The van der Waals surface area contributed by atoms with E-state index in [1.165, 1.54) is 59.6 Å². The van der Waals surface area contributed by atoms with Crippen molar-refractivity contribution in [1.29, 1.82) is 0 Å². The quantitative estimate of drug-likeness (QED) is 0.187. The summed E-state index contributed by atoms with van der Waals surface area (Å²) in [5.41, 5.74) is 12.9. The molecule has 0 radical (unpaired) electrons. The van der Waals surface area contributed by atoms with Gasteiger partial charge in [-0.1, -0.05) is 147 Å². The van der Waals surface area contributed by atoms with Crippen molar-refractivity contribution in [1.82, 2.24) is 14.5 Å². The molecule has 10 aromatic rings. The largest absolute Gasteiger partial charge is 0.277 e. The summed E-state index contributed by atoms with van der Waals surface area (Å²) in [5, 5.41) is 6.14. The van der Waals surface area contributed by atoms with E-state index in [0.29, 0.717) is 5.95 Å². The van der Waals surface area contributed by atoms with Crippen LogP contribution in [0.1, 0.15) is 25.0 Å². The fourth-order valence-electron chi connectivity index (χ4n) is 8.60. The van der Waals surface area contributed by atoms with Gasteiger partial charge in [-0.2, -0.15) is 0 Å². The molecule has 7 aromatic carbocycles. The van der Waals surface area contributed by atoms with E-state index in [-0.39, 0.29) is 5.41 Å². The lowest BCUT2D eigenvalue weighted by molar-refractivity contribution is 0.661. The van der Waals surface area contributed by atoms with Crippen LogP contribution in [0.4, 0.5) is 0 Å². The number of hydrogen-bond donors (Lipinski definition) is 0. The van der Waals surface area contributed by atoms with Gasteiger partial charge in [0, 0.05) is 37.4 Å². The maximum absolute atomic E-state index is 5.44. The number of aromatic nitrogens is 3. The number of fused-ring (bicyclic) bond motifs is 11. The van der Waals surface area contributed by atoms with E-state index < -0.39 is 0 Å².